The molecule has 7 nitrogen and oxygen atoms in total. The maximum Gasteiger partial charge on any atom is 0.275 e. The molecular weight excluding hydrogens is 432 g/mol. The Morgan fingerprint density at radius 2 is 1.91 bits per heavy atom. The van der Waals surface area contributed by atoms with Gasteiger partial charge in [-0.15, -0.1) is 0 Å². The average Bonchev–Trinajstić information content (AvgIpc) is 2.79. The van der Waals surface area contributed by atoms with Crippen LogP contribution in [0.25, 0.3) is 0 Å². The fourth-order valence-electron chi connectivity index (χ4n) is 2.82. The van der Waals surface area contributed by atoms with Gasteiger partial charge in [-0.05, 0) is 48.9 Å². The Morgan fingerprint density at radius 1 is 1.09 bits per heavy atom. The zero-order valence-corrected chi connectivity index (χ0v) is 18.4. The Morgan fingerprint density at radius 3 is 2.62 bits per heavy atom. The summed E-state index contributed by atoms with van der Waals surface area (Å²) in [6.07, 6.45) is 1.47. The van der Waals surface area contributed by atoms with E-state index in [4.69, 9.17) is 25.8 Å². The molecule has 0 atom stereocenters. The Kier molecular flexibility index (Phi) is 7.94. The topological polar surface area (TPSA) is 89.4 Å². The van der Waals surface area contributed by atoms with E-state index in [1.807, 2.05) is 31.2 Å². The number of phenolic OH excluding ortho intramolecular Hbond substituents is 1. The van der Waals surface area contributed by atoms with Crippen molar-refractivity contribution in [2.75, 3.05) is 13.7 Å². The lowest BCUT2D eigenvalue weighted by atomic mass is 10.2. The van der Waals surface area contributed by atoms with E-state index in [1.165, 1.54) is 25.5 Å². The van der Waals surface area contributed by atoms with Gasteiger partial charge in [0.05, 0.1) is 25.5 Å². The second-order valence-corrected chi connectivity index (χ2v) is 7.01. The van der Waals surface area contributed by atoms with Crippen molar-refractivity contribution in [2.24, 2.45) is 5.10 Å². The summed E-state index contributed by atoms with van der Waals surface area (Å²) in [5, 5.41) is 14.5. The quantitative estimate of drug-likeness (QED) is 0.358. The molecule has 2 N–H and O–H groups in total. The molecule has 8 heteroatoms. The average molecular weight is 455 g/mol. The number of phenols is 1. The molecule has 0 radical (unpaired) electrons. The van der Waals surface area contributed by atoms with Crippen molar-refractivity contribution in [3.05, 3.63) is 82.4 Å². The number of nitrogens with one attached hydrogen (secondary N) is 1. The largest absolute Gasteiger partial charge is 0.507 e. The number of methoxy groups -OCH3 is 1. The minimum atomic E-state index is -0.550. The van der Waals surface area contributed by atoms with E-state index in [-0.39, 0.29) is 11.3 Å². The summed E-state index contributed by atoms with van der Waals surface area (Å²) in [6.45, 7) is 2.63. The van der Waals surface area contributed by atoms with Crippen LogP contribution >= 0.6 is 11.6 Å². The second-order valence-electron chi connectivity index (χ2n) is 6.60. The Balaban J connectivity index is 1.67. The zero-order valence-electron chi connectivity index (χ0n) is 17.7. The van der Waals surface area contributed by atoms with Crippen LogP contribution in [0.15, 0.2) is 65.8 Å². The van der Waals surface area contributed by atoms with Crippen LogP contribution in [0, 0.1) is 0 Å². The molecular formula is C24H23ClN2O5. The lowest BCUT2D eigenvalue weighted by Gasteiger charge is -2.13. The summed E-state index contributed by atoms with van der Waals surface area (Å²) >= 11 is 6.18. The highest BCUT2D eigenvalue weighted by molar-refractivity contribution is 6.31. The minimum absolute atomic E-state index is 0.0845. The van der Waals surface area contributed by atoms with Gasteiger partial charge in [0.25, 0.3) is 5.91 Å². The molecule has 0 fully saturated rings. The highest BCUT2D eigenvalue weighted by atomic mass is 35.5. The van der Waals surface area contributed by atoms with Crippen molar-refractivity contribution in [3.63, 3.8) is 0 Å². The number of nitrogens with zero attached hydrogens (tertiary/aromatic N) is 1. The number of hydrazone groups is 1. The van der Waals surface area contributed by atoms with Crippen LogP contribution in [0.4, 0.5) is 0 Å². The molecule has 0 aliphatic carbocycles. The number of halogens is 1. The van der Waals surface area contributed by atoms with Gasteiger partial charge in [-0.3, -0.25) is 4.79 Å². The van der Waals surface area contributed by atoms with Crippen LogP contribution in [0.5, 0.6) is 23.0 Å². The van der Waals surface area contributed by atoms with Crippen molar-refractivity contribution in [1.29, 1.82) is 0 Å². The van der Waals surface area contributed by atoms with Gasteiger partial charge in [-0.25, -0.2) is 5.43 Å². The molecule has 32 heavy (non-hydrogen) atoms. The first-order valence-corrected chi connectivity index (χ1v) is 10.2. The lowest BCUT2D eigenvalue weighted by Crippen LogP contribution is -2.17. The smallest absolute Gasteiger partial charge is 0.275 e. The second kappa shape index (κ2) is 11.1. The van der Waals surface area contributed by atoms with Gasteiger partial charge in [0, 0.05) is 16.7 Å². The van der Waals surface area contributed by atoms with Gasteiger partial charge in [-0.1, -0.05) is 29.8 Å². The van der Waals surface area contributed by atoms with Crippen molar-refractivity contribution in [2.45, 2.75) is 13.5 Å². The molecule has 0 saturated carbocycles. The van der Waals surface area contributed by atoms with Crippen molar-refractivity contribution in [3.8, 4) is 23.0 Å². The van der Waals surface area contributed by atoms with E-state index in [2.05, 4.69) is 10.5 Å². The van der Waals surface area contributed by atoms with Gasteiger partial charge in [0.2, 0.25) is 0 Å². The van der Waals surface area contributed by atoms with E-state index in [1.54, 1.807) is 24.3 Å². The summed E-state index contributed by atoms with van der Waals surface area (Å²) < 4.78 is 16.6. The zero-order chi connectivity index (χ0) is 22.9. The summed E-state index contributed by atoms with van der Waals surface area (Å²) in [5.74, 6) is 0.809. The first-order chi connectivity index (χ1) is 15.5. The highest BCUT2D eigenvalue weighted by Crippen LogP contribution is 2.29. The third-order valence-electron chi connectivity index (χ3n) is 4.44. The van der Waals surface area contributed by atoms with Gasteiger partial charge in [0.1, 0.15) is 18.1 Å². The summed E-state index contributed by atoms with van der Waals surface area (Å²) in [7, 11) is 1.47. The Hall–Kier alpha value is -3.71. The Labute approximate surface area is 191 Å². The van der Waals surface area contributed by atoms with E-state index >= 15 is 0 Å². The number of aromatic hydroxyl groups is 1. The van der Waals surface area contributed by atoms with Crippen molar-refractivity contribution in [1.82, 2.24) is 5.43 Å². The van der Waals surface area contributed by atoms with Gasteiger partial charge < -0.3 is 19.3 Å². The number of carbonyl (C=O) groups excluding carboxylic acids is 1. The van der Waals surface area contributed by atoms with Crippen LogP contribution in [0.3, 0.4) is 0 Å². The fourth-order valence-corrected chi connectivity index (χ4v) is 3.01. The third kappa shape index (κ3) is 5.92. The number of ether oxygens (including phenoxy) is 3. The number of carbonyl (C=O) groups is 1. The maximum absolute atomic E-state index is 12.2. The van der Waals surface area contributed by atoms with Gasteiger partial charge >= 0.3 is 0 Å². The molecule has 3 rings (SSSR count). The van der Waals surface area contributed by atoms with E-state index in [9.17, 15) is 9.90 Å². The van der Waals surface area contributed by atoms with Crippen molar-refractivity contribution < 1.29 is 24.1 Å². The third-order valence-corrected chi connectivity index (χ3v) is 4.81. The minimum Gasteiger partial charge on any atom is -0.507 e. The molecule has 1 amide bonds. The molecule has 0 aliphatic heterocycles. The van der Waals surface area contributed by atoms with Gasteiger partial charge in [0.15, 0.2) is 11.5 Å². The molecule has 3 aromatic carbocycles. The van der Waals surface area contributed by atoms with Crippen LogP contribution in [-0.4, -0.2) is 30.9 Å². The monoisotopic (exact) mass is 454 g/mol. The lowest BCUT2D eigenvalue weighted by molar-refractivity contribution is 0.0952. The molecule has 3 aromatic rings. The molecule has 0 unspecified atom stereocenters. The van der Waals surface area contributed by atoms with Crippen LogP contribution in [0.2, 0.25) is 5.02 Å². The fraction of sp³-hybridized carbons (Fsp3) is 0.167. The molecule has 0 spiro atoms. The number of hydrogen-bond acceptors (Lipinski definition) is 6. The van der Waals surface area contributed by atoms with Gasteiger partial charge in [-0.2, -0.15) is 5.10 Å². The van der Waals surface area contributed by atoms with Crippen LogP contribution < -0.4 is 19.6 Å². The number of rotatable bonds is 9. The van der Waals surface area contributed by atoms with E-state index in [0.29, 0.717) is 41.0 Å². The van der Waals surface area contributed by atoms with Crippen LogP contribution in [-0.2, 0) is 6.61 Å². The molecule has 0 saturated heterocycles. The first kappa shape index (κ1) is 23.0. The first-order valence-electron chi connectivity index (χ1n) is 9.85. The van der Waals surface area contributed by atoms with Crippen molar-refractivity contribution >= 4 is 23.7 Å². The molecule has 166 valence electrons. The summed E-state index contributed by atoms with van der Waals surface area (Å²) in [5.41, 5.74) is 4.03. The Bertz CT molecular complexity index is 1120. The standard InChI is InChI=1S/C24H23ClN2O5/c1-3-31-23-12-16(8-11-22(23)32-15-17-6-4-5-7-20(17)25)14-26-27-24(29)19-10-9-18(30-2)13-21(19)28/h4-14,28H,3,15H2,1-2H3,(H,27,29)/b26-14-. The number of hydrogen-bond donors (Lipinski definition) is 2. The maximum atomic E-state index is 12.2. The SMILES string of the molecule is CCOc1cc(/C=N\NC(=O)c2ccc(OC)cc2O)ccc1OCc1ccccc1Cl. The predicted octanol–water partition coefficient (Wildman–Crippen LogP) is 4.80. The van der Waals surface area contributed by atoms with E-state index < -0.39 is 5.91 Å². The predicted molar refractivity (Wildman–Crippen MR) is 123 cm³/mol. The normalized spacial score (nSPS) is 10.7. The molecule has 0 bridgehead atoms. The molecule has 0 aliphatic rings. The molecule has 0 heterocycles. The molecule has 0 aromatic heterocycles. The number of amides is 1. The number of benzene rings is 3. The highest BCUT2D eigenvalue weighted by Gasteiger charge is 2.11. The summed E-state index contributed by atoms with van der Waals surface area (Å²) in [6, 6.07) is 17.2. The van der Waals surface area contributed by atoms with E-state index in [0.717, 1.165) is 5.56 Å². The van der Waals surface area contributed by atoms with Crippen LogP contribution in [0.1, 0.15) is 28.4 Å². The summed E-state index contributed by atoms with van der Waals surface area (Å²) in [4.78, 5) is 12.2.